The molecule has 1 N–H and O–H groups in total. The second-order valence-electron chi connectivity index (χ2n) is 7.95. The zero-order valence-electron chi connectivity index (χ0n) is 18.7. The fraction of sp³-hybridized carbons (Fsp3) is 0.360. The average molecular weight is 453 g/mol. The number of phenolic OH excluding ortho intramolecular Hbond substituents is 1. The molecule has 0 bridgehead atoms. The second kappa shape index (κ2) is 9.95. The van der Waals surface area contributed by atoms with Gasteiger partial charge in [-0.3, -0.25) is 14.5 Å². The standard InChI is InChI=1S/C25H27NO7/c1-3-31-25(29)16-9-11-26(12-10-16)14-20-21(27)8-7-19-23(28)22(15-32-24(19)20)33-18-6-4-5-17(13-18)30-2/h4-8,13,15-16,27H,3,9-12,14H2,1-2H3. The van der Waals surface area contributed by atoms with Crippen LogP contribution < -0.4 is 14.9 Å². The highest BCUT2D eigenvalue weighted by molar-refractivity contribution is 5.83. The normalized spacial score (nSPS) is 14.8. The van der Waals surface area contributed by atoms with Crippen molar-refractivity contribution in [1.29, 1.82) is 0 Å². The van der Waals surface area contributed by atoms with E-state index in [0.29, 0.717) is 67.1 Å². The number of nitrogens with zero attached hydrogens (tertiary/aromatic N) is 1. The van der Waals surface area contributed by atoms with Crippen LogP contribution in [0.25, 0.3) is 11.0 Å². The summed E-state index contributed by atoms with van der Waals surface area (Å²) in [5, 5.41) is 10.8. The number of phenols is 1. The van der Waals surface area contributed by atoms with E-state index in [4.69, 9.17) is 18.6 Å². The summed E-state index contributed by atoms with van der Waals surface area (Å²) < 4.78 is 21.8. The lowest BCUT2D eigenvalue weighted by Gasteiger charge is -2.31. The van der Waals surface area contributed by atoms with Crippen molar-refractivity contribution in [3.63, 3.8) is 0 Å². The van der Waals surface area contributed by atoms with Gasteiger partial charge in [-0.05, 0) is 57.1 Å². The quantitative estimate of drug-likeness (QED) is 0.535. The number of hydrogen-bond donors (Lipinski definition) is 1. The molecule has 0 radical (unpaired) electrons. The number of hydrogen-bond acceptors (Lipinski definition) is 8. The Morgan fingerprint density at radius 2 is 1.94 bits per heavy atom. The average Bonchev–Trinajstić information content (AvgIpc) is 2.83. The van der Waals surface area contributed by atoms with E-state index in [9.17, 15) is 14.7 Å². The van der Waals surface area contributed by atoms with E-state index in [2.05, 4.69) is 4.90 Å². The first-order chi connectivity index (χ1) is 16.0. The molecule has 0 atom stereocenters. The molecule has 1 fully saturated rings. The molecule has 8 nitrogen and oxygen atoms in total. The van der Waals surface area contributed by atoms with Crippen LogP contribution in [0.1, 0.15) is 25.3 Å². The second-order valence-corrected chi connectivity index (χ2v) is 7.95. The molecule has 0 spiro atoms. The van der Waals surface area contributed by atoms with Gasteiger partial charge in [0.05, 0.1) is 30.6 Å². The minimum Gasteiger partial charge on any atom is -0.507 e. The molecule has 2 heterocycles. The monoisotopic (exact) mass is 453 g/mol. The van der Waals surface area contributed by atoms with Crippen LogP contribution >= 0.6 is 0 Å². The summed E-state index contributed by atoms with van der Waals surface area (Å²) in [5.41, 5.74) is 0.527. The smallest absolute Gasteiger partial charge is 0.309 e. The summed E-state index contributed by atoms with van der Waals surface area (Å²) in [4.78, 5) is 27.2. The van der Waals surface area contributed by atoms with Crippen molar-refractivity contribution >= 4 is 16.9 Å². The Balaban J connectivity index is 1.55. The zero-order valence-corrected chi connectivity index (χ0v) is 18.7. The number of carbonyl (C=O) groups is 1. The van der Waals surface area contributed by atoms with E-state index in [-0.39, 0.29) is 28.8 Å². The molecule has 0 saturated carbocycles. The van der Waals surface area contributed by atoms with E-state index in [1.807, 2.05) is 0 Å². The van der Waals surface area contributed by atoms with Crippen LogP contribution in [0.15, 0.2) is 51.9 Å². The first kappa shape index (κ1) is 22.7. The first-order valence-corrected chi connectivity index (χ1v) is 11.0. The Kier molecular flexibility index (Phi) is 6.84. The SMILES string of the molecule is CCOC(=O)C1CCN(Cc2c(O)ccc3c(=O)c(Oc4cccc(OC)c4)coc23)CC1. The number of ether oxygens (including phenoxy) is 3. The predicted molar refractivity (Wildman–Crippen MR) is 122 cm³/mol. The molecule has 8 heteroatoms. The molecule has 1 saturated heterocycles. The summed E-state index contributed by atoms with van der Waals surface area (Å²) in [7, 11) is 1.55. The predicted octanol–water partition coefficient (Wildman–Crippen LogP) is 4.07. The number of benzene rings is 2. The van der Waals surface area contributed by atoms with Crippen molar-refractivity contribution in [3.8, 4) is 23.0 Å². The number of aromatic hydroxyl groups is 1. The van der Waals surface area contributed by atoms with Crippen molar-refractivity contribution in [2.24, 2.45) is 5.92 Å². The summed E-state index contributed by atoms with van der Waals surface area (Å²) in [6, 6.07) is 9.96. The number of carbonyl (C=O) groups excluding carboxylic acids is 1. The minimum atomic E-state index is -0.332. The third-order valence-corrected chi connectivity index (χ3v) is 5.85. The number of methoxy groups -OCH3 is 1. The summed E-state index contributed by atoms with van der Waals surface area (Å²) in [5.74, 6) is 0.902. The fourth-order valence-corrected chi connectivity index (χ4v) is 4.05. The molecule has 2 aromatic carbocycles. The van der Waals surface area contributed by atoms with Gasteiger partial charge >= 0.3 is 5.97 Å². The molecule has 0 aliphatic carbocycles. The van der Waals surface area contributed by atoms with Gasteiger partial charge < -0.3 is 23.7 Å². The third-order valence-electron chi connectivity index (χ3n) is 5.85. The largest absolute Gasteiger partial charge is 0.507 e. The summed E-state index contributed by atoms with van der Waals surface area (Å²) in [6.07, 6.45) is 2.64. The van der Waals surface area contributed by atoms with Crippen LogP contribution in [0.2, 0.25) is 0 Å². The highest BCUT2D eigenvalue weighted by Gasteiger charge is 2.27. The molecule has 1 aromatic heterocycles. The lowest BCUT2D eigenvalue weighted by molar-refractivity contribution is -0.149. The zero-order chi connectivity index (χ0) is 23.4. The molecule has 1 aliphatic heterocycles. The topological polar surface area (TPSA) is 98.4 Å². The molecular weight excluding hydrogens is 426 g/mol. The van der Waals surface area contributed by atoms with E-state index in [1.165, 1.54) is 18.4 Å². The number of piperidine rings is 1. The number of likely N-dealkylation sites (tertiary alicyclic amines) is 1. The Morgan fingerprint density at radius 1 is 1.18 bits per heavy atom. The number of fused-ring (bicyclic) bond motifs is 1. The maximum Gasteiger partial charge on any atom is 0.309 e. The highest BCUT2D eigenvalue weighted by Crippen LogP contribution is 2.31. The van der Waals surface area contributed by atoms with Gasteiger partial charge in [0.25, 0.3) is 0 Å². The van der Waals surface area contributed by atoms with Gasteiger partial charge in [-0.15, -0.1) is 0 Å². The minimum absolute atomic E-state index is 0.0441. The third kappa shape index (κ3) is 4.96. The molecule has 33 heavy (non-hydrogen) atoms. The lowest BCUT2D eigenvalue weighted by atomic mass is 9.96. The Morgan fingerprint density at radius 3 is 2.67 bits per heavy atom. The van der Waals surface area contributed by atoms with Crippen LogP contribution in [0, 0.1) is 5.92 Å². The van der Waals surface area contributed by atoms with Crippen molar-refractivity contribution in [3.05, 3.63) is 58.4 Å². The molecule has 0 amide bonds. The number of rotatable bonds is 7. The van der Waals surface area contributed by atoms with Gasteiger partial charge in [-0.1, -0.05) is 6.07 Å². The van der Waals surface area contributed by atoms with Crippen LogP contribution in [0.3, 0.4) is 0 Å². The van der Waals surface area contributed by atoms with Gasteiger partial charge in [0.15, 0.2) is 0 Å². The lowest BCUT2D eigenvalue weighted by Crippen LogP contribution is -2.36. The van der Waals surface area contributed by atoms with E-state index in [1.54, 1.807) is 38.3 Å². The van der Waals surface area contributed by atoms with Gasteiger partial charge in [0.2, 0.25) is 11.2 Å². The van der Waals surface area contributed by atoms with Gasteiger partial charge in [-0.2, -0.15) is 0 Å². The molecule has 174 valence electrons. The Hall–Kier alpha value is -3.52. The highest BCUT2D eigenvalue weighted by atomic mass is 16.5. The molecular formula is C25H27NO7. The van der Waals surface area contributed by atoms with Gasteiger partial charge in [0, 0.05) is 12.6 Å². The van der Waals surface area contributed by atoms with Crippen molar-refractivity contribution in [2.45, 2.75) is 26.3 Å². The fourth-order valence-electron chi connectivity index (χ4n) is 4.05. The number of esters is 1. The van der Waals surface area contributed by atoms with Crippen molar-refractivity contribution in [1.82, 2.24) is 4.90 Å². The molecule has 0 unspecified atom stereocenters. The van der Waals surface area contributed by atoms with Crippen molar-refractivity contribution < 1.29 is 28.5 Å². The van der Waals surface area contributed by atoms with Gasteiger partial charge in [0.1, 0.15) is 29.1 Å². The summed E-state index contributed by atoms with van der Waals surface area (Å²) >= 11 is 0. The summed E-state index contributed by atoms with van der Waals surface area (Å²) in [6.45, 7) is 3.95. The van der Waals surface area contributed by atoms with E-state index >= 15 is 0 Å². The molecule has 1 aliphatic rings. The van der Waals surface area contributed by atoms with Gasteiger partial charge in [-0.25, -0.2) is 0 Å². The Labute approximate surface area is 191 Å². The maximum atomic E-state index is 13.1. The molecule has 4 rings (SSSR count). The maximum absolute atomic E-state index is 13.1. The van der Waals surface area contributed by atoms with Crippen LogP contribution in [0.5, 0.6) is 23.0 Å². The first-order valence-electron chi connectivity index (χ1n) is 11.0. The Bertz CT molecular complexity index is 1200. The molecule has 3 aromatic rings. The van der Waals surface area contributed by atoms with Crippen LogP contribution in [-0.4, -0.2) is 42.8 Å². The van der Waals surface area contributed by atoms with E-state index < -0.39 is 0 Å². The van der Waals surface area contributed by atoms with E-state index in [0.717, 1.165) is 0 Å². The van der Waals surface area contributed by atoms with Crippen molar-refractivity contribution in [2.75, 3.05) is 26.8 Å². The van der Waals surface area contributed by atoms with Crippen LogP contribution in [-0.2, 0) is 16.1 Å². The van der Waals surface area contributed by atoms with Crippen LogP contribution in [0.4, 0.5) is 0 Å².